The average Bonchev–Trinajstić information content (AvgIpc) is 3.31. The minimum atomic E-state index is -4.42. The molecule has 3 amide bonds. The van der Waals surface area contributed by atoms with Gasteiger partial charge in [0.1, 0.15) is 11.4 Å². The second-order valence-electron chi connectivity index (χ2n) is 7.58. The van der Waals surface area contributed by atoms with Crippen LogP contribution in [0.4, 0.5) is 23.7 Å². The SMILES string of the molecule is CC1(C)C(=O)N(c2ccc(SC(F)(F)F)cc2)C(=O)N1Cc1ccncc1-c1ncc[nH]1. The Morgan fingerprint density at radius 3 is 2.44 bits per heavy atom. The summed E-state index contributed by atoms with van der Waals surface area (Å²) < 4.78 is 37.8. The Morgan fingerprint density at radius 1 is 1.09 bits per heavy atom. The number of anilines is 1. The first-order chi connectivity index (χ1) is 15.1. The summed E-state index contributed by atoms with van der Waals surface area (Å²) in [6, 6.07) is 6.34. The second-order valence-corrected chi connectivity index (χ2v) is 8.72. The van der Waals surface area contributed by atoms with Gasteiger partial charge in [-0.3, -0.25) is 9.78 Å². The molecule has 2 aromatic heterocycles. The van der Waals surface area contributed by atoms with Crippen LogP contribution in [-0.4, -0.2) is 42.8 Å². The van der Waals surface area contributed by atoms with Gasteiger partial charge in [-0.05, 0) is 61.5 Å². The Kier molecular flexibility index (Phi) is 5.45. The van der Waals surface area contributed by atoms with Crippen molar-refractivity contribution in [1.29, 1.82) is 0 Å². The number of nitrogens with zero attached hydrogens (tertiary/aromatic N) is 4. The van der Waals surface area contributed by atoms with E-state index in [9.17, 15) is 22.8 Å². The van der Waals surface area contributed by atoms with E-state index in [1.54, 1.807) is 44.7 Å². The largest absolute Gasteiger partial charge is 0.446 e. The summed E-state index contributed by atoms with van der Waals surface area (Å²) in [4.78, 5) is 40.1. The molecule has 1 saturated heterocycles. The number of aromatic nitrogens is 3. The predicted molar refractivity (Wildman–Crippen MR) is 113 cm³/mol. The number of amides is 3. The number of thioether (sulfide) groups is 1. The molecule has 0 radical (unpaired) electrons. The number of imide groups is 1. The third-order valence-corrected chi connectivity index (χ3v) is 5.88. The summed E-state index contributed by atoms with van der Waals surface area (Å²) in [5.41, 5.74) is -3.94. The molecule has 11 heteroatoms. The number of rotatable bonds is 5. The van der Waals surface area contributed by atoms with Gasteiger partial charge in [-0.25, -0.2) is 14.7 Å². The van der Waals surface area contributed by atoms with E-state index in [0.29, 0.717) is 11.4 Å². The third kappa shape index (κ3) is 4.07. The number of pyridine rings is 1. The van der Waals surface area contributed by atoms with E-state index in [4.69, 9.17) is 0 Å². The van der Waals surface area contributed by atoms with Gasteiger partial charge in [-0.15, -0.1) is 0 Å². The van der Waals surface area contributed by atoms with E-state index >= 15 is 0 Å². The molecule has 0 unspecified atom stereocenters. The Hall–Kier alpha value is -3.34. The molecule has 1 N–H and O–H groups in total. The van der Waals surface area contributed by atoms with E-state index in [0.717, 1.165) is 10.5 Å². The Balaban J connectivity index is 1.63. The highest BCUT2D eigenvalue weighted by Gasteiger charge is 2.51. The average molecular weight is 461 g/mol. The molecule has 0 bridgehead atoms. The predicted octanol–water partition coefficient (Wildman–Crippen LogP) is 4.83. The first-order valence-corrected chi connectivity index (χ1v) is 10.3. The quantitative estimate of drug-likeness (QED) is 0.435. The fourth-order valence-electron chi connectivity index (χ4n) is 3.48. The Morgan fingerprint density at radius 2 is 1.81 bits per heavy atom. The minimum absolute atomic E-state index is 0.0312. The molecule has 3 heterocycles. The maximum Gasteiger partial charge on any atom is 0.446 e. The van der Waals surface area contributed by atoms with Crippen LogP contribution in [0.1, 0.15) is 19.4 Å². The summed E-state index contributed by atoms with van der Waals surface area (Å²) in [5, 5.41) is 0. The molecule has 1 aliphatic heterocycles. The van der Waals surface area contributed by atoms with Crippen LogP contribution in [0, 0.1) is 0 Å². The smallest absolute Gasteiger partial charge is 0.345 e. The Labute approximate surface area is 185 Å². The van der Waals surface area contributed by atoms with Crippen LogP contribution in [0.3, 0.4) is 0 Å². The number of alkyl halides is 3. The molecule has 0 aliphatic carbocycles. The van der Waals surface area contributed by atoms with Crippen molar-refractivity contribution in [1.82, 2.24) is 19.9 Å². The van der Waals surface area contributed by atoms with Crippen molar-refractivity contribution in [2.75, 3.05) is 4.90 Å². The maximum absolute atomic E-state index is 13.3. The van der Waals surface area contributed by atoms with E-state index in [-0.39, 0.29) is 28.9 Å². The zero-order valence-electron chi connectivity index (χ0n) is 17.1. The van der Waals surface area contributed by atoms with Crippen LogP contribution in [0.15, 0.2) is 60.0 Å². The van der Waals surface area contributed by atoms with Crippen LogP contribution in [-0.2, 0) is 11.3 Å². The number of carbonyl (C=O) groups excluding carboxylic acids is 2. The van der Waals surface area contributed by atoms with Crippen molar-refractivity contribution in [3.05, 3.63) is 60.7 Å². The van der Waals surface area contributed by atoms with Crippen molar-refractivity contribution < 1.29 is 22.8 Å². The lowest BCUT2D eigenvalue weighted by molar-refractivity contribution is -0.123. The molecule has 1 aromatic carbocycles. The second kappa shape index (κ2) is 7.97. The number of aromatic amines is 1. The molecule has 0 atom stereocenters. The van der Waals surface area contributed by atoms with Crippen LogP contribution in [0.2, 0.25) is 0 Å². The summed E-state index contributed by atoms with van der Waals surface area (Å²) in [7, 11) is 0. The lowest BCUT2D eigenvalue weighted by Gasteiger charge is -2.28. The highest BCUT2D eigenvalue weighted by molar-refractivity contribution is 8.00. The number of nitrogens with one attached hydrogen (secondary N) is 1. The number of carbonyl (C=O) groups is 2. The molecular weight excluding hydrogens is 443 g/mol. The molecule has 7 nitrogen and oxygen atoms in total. The van der Waals surface area contributed by atoms with Crippen LogP contribution in [0.25, 0.3) is 11.4 Å². The van der Waals surface area contributed by atoms with Gasteiger partial charge < -0.3 is 9.88 Å². The number of benzene rings is 1. The van der Waals surface area contributed by atoms with Crippen LogP contribution >= 0.6 is 11.8 Å². The molecule has 1 fully saturated rings. The lowest BCUT2D eigenvalue weighted by atomic mass is 10.0. The molecule has 166 valence electrons. The zero-order chi connectivity index (χ0) is 23.1. The molecule has 0 spiro atoms. The van der Waals surface area contributed by atoms with Gasteiger partial charge in [0.2, 0.25) is 0 Å². The summed E-state index contributed by atoms with van der Waals surface area (Å²) in [5.74, 6) is 0.116. The summed E-state index contributed by atoms with van der Waals surface area (Å²) in [6.45, 7) is 3.39. The van der Waals surface area contributed by atoms with Gasteiger partial charge in [-0.2, -0.15) is 13.2 Å². The van der Waals surface area contributed by atoms with Gasteiger partial charge in [0.05, 0.1) is 5.69 Å². The van der Waals surface area contributed by atoms with Crippen molar-refractivity contribution >= 4 is 29.4 Å². The van der Waals surface area contributed by atoms with Crippen molar-refractivity contribution in [2.24, 2.45) is 0 Å². The van der Waals surface area contributed by atoms with Crippen LogP contribution < -0.4 is 4.90 Å². The van der Waals surface area contributed by atoms with Crippen molar-refractivity contribution in [3.8, 4) is 11.4 Å². The fraction of sp³-hybridized carbons (Fsp3) is 0.238. The highest BCUT2D eigenvalue weighted by atomic mass is 32.2. The van der Waals surface area contributed by atoms with Crippen LogP contribution in [0.5, 0.6) is 0 Å². The molecule has 1 aliphatic rings. The molecule has 32 heavy (non-hydrogen) atoms. The zero-order valence-corrected chi connectivity index (χ0v) is 17.9. The normalized spacial score (nSPS) is 16.2. The number of urea groups is 1. The number of imidazole rings is 1. The standard InChI is InChI=1S/C21H18F3N5O2S/c1-20(2)18(30)29(14-3-5-15(6-4-14)32-21(22,23)24)19(31)28(20)12-13-7-8-25-11-16(13)17-26-9-10-27-17/h3-11H,12H2,1-2H3,(H,26,27). The first-order valence-electron chi connectivity index (χ1n) is 9.52. The minimum Gasteiger partial charge on any atom is -0.345 e. The number of hydrogen-bond acceptors (Lipinski definition) is 5. The Bertz CT molecular complexity index is 1150. The monoisotopic (exact) mass is 461 g/mol. The number of halogens is 3. The van der Waals surface area contributed by atoms with Gasteiger partial charge >= 0.3 is 11.5 Å². The number of H-pyrrole nitrogens is 1. The molecule has 0 saturated carbocycles. The lowest BCUT2D eigenvalue weighted by Crippen LogP contribution is -2.43. The van der Waals surface area contributed by atoms with Gasteiger partial charge in [0, 0.05) is 41.8 Å². The van der Waals surface area contributed by atoms with Gasteiger partial charge in [0.25, 0.3) is 5.91 Å². The van der Waals surface area contributed by atoms with E-state index in [2.05, 4.69) is 15.0 Å². The maximum atomic E-state index is 13.3. The van der Waals surface area contributed by atoms with E-state index in [1.165, 1.54) is 29.2 Å². The van der Waals surface area contributed by atoms with E-state index < -0.39 is 23.0 Å². The first kappa shape index (κ1) is 21.9. The van der Waals surface area contributed by atoms with Crippen molar-refractivity contribution in [3.63, 3.8) is 0 Å². The topological polar surface area (TPSA) is 82.2 Å². The summed E-state index contributed by atoms with van der Waals surface area (Å²) in [6.07, 6.45) is 6.48. The van der Waals surface area contributed by atoms with E-state index in [1.807, 2.05) is 0 Å². The van der Waals surface area contributed by atoms with Crippen molar-refractivity contribution in [2.45, 2.75) is 36.3 Å². The molecule has 3 aromatic rings. The molecular formula is C21H18F3N5O2S. The third-order valence-electron chi connectivity index (χ3n) is 5.15. The fourth-order valence-corrected chi connectivity index (χ4v) is 4.02. The summed E-state index contributed by atoms with van der Waals surface area (Å²) >= 11 is -0.258. The molecule has 4 rings (SSSR count). The van der Waals surface area contributed by atoms with Gasteiger partial charge in [-0.1, -0.05) is 0 Å². The highest BCUT2D eigenvalue weighted by Crippen LogP contribution is 2.39. The number of hydrogen-bond donors (Lipinski definition) is 1. The van der Waals surface area contributed by atoms with Gasteiger partial charge in [0.15, 0.2) is 0 Å².